The number of halogens is 2. The summed E-state index contributed by atoms with van der Waals surface area (Å²) in [6, 6.07) is 15.9. The van der Waals surface area contributed by atoms with Crippen LogP contribution >= 0.6 is 0 Å². The molecule has 3 aromatic carbocycles. The third-order valence-electron chi connectivity index (χ3n) is 6.88. The average molecular weight is 571 g/mol. The van der Waals surface area contributed by atoms with Crippen LogP contribution in [0.15, 0.2) is 66.7 Å². The lowest BCUT2D eigenvalue weighted by molar-refractivity contribution is 0.0825. The molecule has 0 radical (unpaired) electrons. The summed E-state index contributed by atoms with van der Waals surface area (Å²) in [4.78, 5) is 12.9. The second-order valence-corrected chi connectivity index (χ2v) is 13.9. The van der Waals surface area contributed by atoms with E-state index in [-0.39, 0.29) is 35.4 Å². The lowest BCUT2D eigenvalue weighted by Crippen LogP contribution is -2.50. The molecule has 4 rings (SSSR count). The molecule has 1 aliphatic heterocycles. The first-order valence-corrected chi connectivity index (χ1v) is 15.1. The molecule has 9 heteroatoms. The summed E-state index contributed by atoms with van der Waals surface area (Å²) >= 11 is 0. The van der Waals surface area contributed by atoms with Crippen molar-refractivity contribution in [2.75, 3.05) is 12.3 Å². The van der Waals surface area contributed by atoms with Gasteiger partial charge in [-0.3, -0.25) is 4.79 Å². The Morgan fingerprint density at radius 2 is 1.68 bits per heavy atom. The van der Waals surface area contributed by atoms with E-state index in [0.29, 0.717) is 5.56 Å². The van der Waals surface area contributed by atoms with E-state index in [0.717, 1.165) is 41.3 Å². The molecule has 0 fully saturated rings. The number of carbonyl (C=O) groups is 1. The first kappa shape index (κ1) is 29.8. The van der Waals surface area contributed by atoms with Gasteiger partial charge in [0.2, 0.25) is 0 Å². The fraction of sp³-hybridized carbons (Fsp3) is 0.387. The summed E-state index contributed by atoms with van der Waals surface area (Å²) in [6.45, 7) is 6.35. The zero-order valence-electron chi connectivity index (χ0n) is 23.0. The maximum absolute atomic E-state index is 13.9. The third kappa shape index (κ3) is 8.19. The molecular weight excluding hydrogens is 534 g/mol. The number of sulfone groups is 1. The van der Waals surface area contributed by atoms with Gasteiger partial charge in [-0.15, -0.1) is 0 Å². The van der Waals surface area contributed by atoms with Crippen molar-refractivity contribution in [2.24, 2.45) is 5.41 Å². The van der Waals surface area contributed by atoms with E-state index in [9.17, 15) is 27.1 Å². The number of aliphatic hydroxyl groups excluding tert-OH is 1. The van der Waals surface area contributed by atoms with E-state index in [2.05, 4.69) is 31.4 Å². The summed E-state index contributed by atoms with van der Waals surface area (Å²) in [5, 5.41) is 17.2. The summed E-state index contributed by atoms with van der Waals surface area (Å²) < 4.78 is 53.2. The maximum atomic E-state index is 13.9. The highest BCUT2D eigenvalue weighted by molar-refractivity contribution is 7.90. The molecule has 3 atom stereocenters. The molecule has 40 heavy (non-hydrogen) atoms. The second kappa shape index (κ2) is 12.2. The molecule has 1 aliphatic rings. The van der Waals surface area contributed by atoms with Gasteiger partial charge >= 0.3 is 0 Å². The summed E-state index contributed by atoms with van der Waals surface area (Å²) in [6.07, 6.45) is -0.407. The highest BCUT2D eigenvalue weighted by Gasteiger charge is 2.32. The molecule has 0 spiro atoms. The topological polar surface area (TPSA) is 95.5 Å². The van der Waals surface area contributed by atoms with Crippen LogP contribution in [0.2, 0.25) is 0 Å². The second-order valence-electron chi connectivity index (χ2n) is 11.8. The van der Waals surface area contributed by atoms with Crippen LogP contribution in [-0.4, -0.2) is 43.9 Å². The van der Waals surface area contributed by atoms with Crippen molar-refractivity contribution in [3.05, 3.63) is 106 Å². The first-order chi connectivity index (χ1) is 18.8. The minimum absolute atomic E-state index is 0.0363. The van der Waals surface area contributed by atoms with E-state index in [1.54, 1.807) is 30.3 Å². The van der Waals surface area contributed by atoms with Crippen molar-refractivity contribution in [3.8, 4) is 0 Å². The molecule has 0 aliphatic carbocycles. The average Bonchev–Trinajstić information content (AvgIpc) is 2.85. The number of hydrogen-bond acceptors (Lipinski definition) is 5. The van der Waals surface area contributed by atoms with Crippen LogP contribution < -0.4 is 10.6 Å². The molecule has 3 aromatic rings. The number of carbonyl (C=O) groups excluding carboxylic acids is 1. The molecule has 0 unspecified atom stereocenters. The molecule has 0 bridgehead atoms. The predicted molar refractivity (Wildman–Crippen MR) is 152 cm³/mol. The monoisotopic (exact) mass is 570 g/mol. The van der Waals surface area contributed by atoms with Gasteiger partial charge in [0, 0.05) is 24.2 Å². The largest absolute Gasteiger partial charge is 0.390 e. The Hall–Kier alpha value is -3.14. The maximum Gasteiger partial charge on any atom is 0.251 e. The Balaban J connectivity index is 1.55. The Morgan fingerprint density at radius 3 is 2.33 bits per heavy atom. The van der Waals surface area contributed by atoms with Crippen molar-refractivity contribution in [1.29, 1.82) is 0 Å². The number of hydrogen-bond donors (Lipinski definition) is 3. The number of fused-ring (bicyclic) bond motifs is 1. The van der Waals surface area contributed by atoms with Crippen LogP contribution in [0.1, 0.15) is 59.4 Å². The highest BCUT2D eigenvalue weighted by Crippen LogP contribution is 2.31. The Bertz CT molecular complexity index is 1440. The Morgan fingerprint density at radius 1 is 1.00 bits per heavy atom. The smallest absolute Gasteiger partial charge is 0.251 e. The van der Waals surface area contributed by atoms with Crippen molar-refractivity contribution >= 4 is 15.7 Å². The number of aliphatic hydroxyl groups is 1. The normalized spacial score (nSPS) is 18.0. The SMILES string of the molecule is CC(C)(C)Cc1ccc2c(c1)[C@H](NC[C@@H](O)[C@@H](Cc1cc(F)cc(F)c1)NC(=O)c1ccccc1)CS(=O)(=O)C2. The zero-order valence-corrected chi connectivity index (χ0v) is 23.8. The van der Waals surface area contributed by atoms with E-state index >= 15 is 0 Å². The standard InChI is InChI=1S/C31H36F2N2O4S/c1-31(2,3)16-20-9-10-23-18-40(38,39)19-28(26(23)13-20)34-17-29(36)27(14-21-11-24(32)15-25(33)12-21)35-30(37)22-7-5-4-6-8-22/h4-13,15,27-29,34,36H,14,16-19H2,1-3H3,(H,35,37)/t27-,28-,29-/m1/s1. The van der Waals surface area contributed by atoms with Gasteiger partial charge in [-0.05, 0) is 64.8 Å². The van der Waals surface area contributed by atoms with Gasteiger partial charge in [0.25, 0.3) is 5.91 Å². The van der Waals surface area contributed by atoms with E-state index in [1.807, 2.05) is 18.2 Å². The van der Waals surface area contributed by atoms with Crippen LogP contribution in [0.5, 0.6) is 0 Å². The summed E-state index contributed by atoms with van der Waals surface area (Å²) in [7, 11) is -3.37. The van der Waals surface area contributed by atoms with E-state index < -0.39 is 45.6 Å². The van der Waals surface area contributed by atoms with Gasteiger partial charge in [-0.2, -0.15) is 0 Å². The van der Waals surface area contributed by atoms with Crippen molar-refractivity contribution in [1.82, 2.24) is 10.6 Å². The van der Waals surface area contributed by atoms with Gasteiger partial charge in [-0.25, -0.2) is 17.2 Å². The van der Waals surface area contributed by atoms with E-state index in [4.69, 9.17) is 0 Å². The van der Waals surface area contributed by atoms with Crippen LogP contribution in [0.3, 0.4) is 0 Å². The lowest BCUT2D eigenvalue weighted by Gasteiger charge is -2.31. The van der Waals surface area contributed by atoms with Gasteiger partial charge < -0.3 is 15.7 Å². The van der Waals surface area contributed by atoms with Crippen molar-refractivity contribution in [2.45, 2.75) is 57.6 Å². The Labute approximate surface area is 234 Å². The number of benzene rings is 3. The molecule has 3 N–H and O–H groups in total. The van der Waals surface area contributed by atoms with Gasteiger partial charge in [0.05, 0.1) is 23.7 Å². The van der Waals surface area contributed by atoms with Crippen LogP contribution in [0, 0.1) is 17.0 Å². The van der Waals surface area contributed by atoms with Crippen LogP contribution in [0.4, 0.5) is 8.78 Å². The summed E-state index contributed by atoms with van der Waals surface area (Å²) in [5.74, 6) is -2.13. The minimum Gasteiger partial charge on any atom is -0.390 e. The lowest BCUT2D eigenvalue weighted by atomic mass is 9.86. The molecule has 1 heterocycles. The highest BCUT2D eigenvalue weighted by atomic mass is 32.2. The number of amides is 1. The fourth-order valence-corrected chi connectivity index (χ4v) is 6.80. The van der Waals surface area contributed by atoms with E-state index in [1.165, 1.54) is 0 Å². The molecule has 0 saturated heterocycles. The van der Waals surface area contributed by atoms with Crippen molar-refractivity contribution < 1.29 is 27.1 Å². The van der Waals surface area contributed by atoms with Gasteiger partial charge in [0.15, 0.2) is 9.84 Å². The molecule has 6 nitrogen and oxygen atoms in total. The molecule has 214 valence electrons. The molecular formula is C31H36F2N2O4S. The van der Waals surface area contributed by atoms with Gasteiger partial charge in [0.1, 0.15) is 11.6 Å². The minimum atomic E-state index is -3.37. The summed E-state index contributed by atoms with van der Waals surface area (Å²) in [5.41, 5.74) is 3.39. The third-order valence-corrected chi connectivity index (χ3v) is 8.48. The number of nitrogens with one attached hydrogen (secondary N) is 2. The van der Waals surface area contributed by atoms with Crippen LogP contribution in [0.25, 0.3) is 0 Å². The van der Waals surface area contributed by atoms with Crippen molar-refractivity contribution in [3.63, 3.8) is 0 Å². The Kier molecular flexibility index (Phi) is 9.07. The van der Waals surface area contributed by atoms with Crippen LogP contribution in [-0.2, 0) is 28.4 Å². The quantitative estimate of drug-likeness (QED) is 0.352. The van der Waals surface area contributed by atoms with Gasteiger partial charge in [-0.1, -0.05) is 57.2 Å². The molecule has 0 aromatic heterocycles. The predicted octanol–water partition coefficient (Wildman–Crippen LogP) is 4.51. The first-order valence-electron chi connectivity index (χ1n) is 13.3. The molecule has 1 amide bonds. The fourth-order valence-electron chi connectivity index (χ4n) is 5.14. The molecule has 0 saturated carbocycles. The zero-order chi connectivity index (χ0) is 29.1. The number of rotatable bonds is 9.